The second kappa shape index (κ2) is 7.17. The lowest BCUT2D eigenvalue weighted by Crippen LogP contribution is -2.12. The van der Waals surface area contributed by atoms with Crippen LogP contribution in [-0.2, 0) is 0 Å². The van der Waals surface area contributed by atoms with Crippen molar-refractivity contribution in [2.24, 2.45) is 0 Å². The zero-order valence-corrected chi connectivity index (χ0v) is 15.8. The number of thiazole rings is 1. The maximum atomic E-state index is 12.9. The summed E-state index contributed by atoms with van der Waals surface area (Å²) in [4.78, 5) is 17.3. The first-order chi connectivity index (χ1) is 13.1. The lowest BCUT2D eigenvalue weighted by molar-refractivity contribution is 0.102. The van der Waals surface area contributed by atoms with Crippen LogP contribution in [0.15, 0.2) is 66.2 Å². The number of carbonyl (C=O) groups excluding carboxylic acids is 1. The second-order valence-electron chi connectivity index (χ2n) is 6.29. The van der Waals surface area contributed by atoms with Crippen LogP contribution in [0.5, 0.6) is 0 Å². The Kier molecular flexibility index (Phi) is 4.56. The number of anilines is 1. The van der Waals surface area contributed by atoms with Gasteiger partial charge in [-0.25, -0.2) is 9.67 Å². The van der Waals surface area contributed by atoms with Gasteiger partial charge in [0, 0.05) is 17.1 Å². The Labute approximate surface area is 161 Å². The summed E-state index contributed by atoms with van der Waals surface area (Å²) in [6, 6.07) is 17.7. The second-order valence-corrected chi connectivity index (χ2v) is 7.15. The van der Waals surface area contributed by atoms with Gasteiger partial charge in [-0.1, -0.05) is 42.0 Å². The molecule has 0 atom stereocenters. The van der Waals surface area contributed by atoms with Gasteiger partial charge in [0.2, 0.25) is 0 Å². The standard InChI is InChI=1S/C21H18N4OS/c1-14-7-6-8-16(11-14)19-18(20(26)23-21-22-15(2)13-27-21)12-25(24-19)17-9-4-3-5-10-17/h3-13H,1-2H3,(H,22,23,26). The van der Waals surface area contributed by atoms with E-state index in [-0.39, 0.29) is 5.91 Å². The Morgan fingerprint density at radius 3 is 2.59 bits per heavy atom. The minimum atomic E-state index is -0.219. The Hall–Kier alpha value is -3.25. The summed E-state index contributed by atoms with van der Waals surface area (Å²) in [5.74, 6) is -0.219. The first kappa shape index (κ1) is 17.2. The molecule has 134 valence electrons. The summed E-state index contributed by atoms with van der Waals surface area (Å²) in [5, 5.41) is 10.1. The molecule has 0 spiro atoms. The number of nitrogens with zero attached hydrogens (tertiary/aromatic N) is 3. The fourth-order valence-electron chi connectivity index (χ4n) is 2.83. The van der Waals surface area contributed by atoms with E-state index >= 15 is 0 Å². The molecule has 6 heteroatoms. The van der Waals surface area contributed by atoms with Crippen molar-refractivity contribution in [3.8, 4) is 16.9 Å². The van der Waals surface area contributed by atoms with E-state index in [0.29, 0.717) is 16.4 Å². The molecule has 27 heavy (non-hydrogen) atoms. The fraction of sp³-hybridized carbons (Fsp3) is 0.0952. The van der Waals surface area contributed by atoms with Crippen LogP contribution in [0, 0.1) is 13.8 Å². The Morgan fingerprint density at radius 1 is 1.07 bits per heavy atom. The molecule has 1 amide bonds. The van der Waals surface area contributed by atoms with Crippen molar-refractivity contribution >= 4 is 22.4 Å². The summed E-state index contributed by atoms with van der Waals surface area (Å²) >= 11 is 1.41. The van der Waals surface area contributed by atoms with Crippen LogP contribution in [0.4, 0.5) is 5.13 Å². The number of para-hydroxylation sites is 1. The van der Waals surface area contributed by atoms with Crippen molar-refractivity contribution in [2.75, 3.05) is 5.32 Å². The van der Waals surface area contributed by atoms with Crippen LogP contribution in [0.2, 0.25) is 0 Å². The molecule has 2 aromatic heterocycles. The zero-order chi connectivity index (χ0) is 18.8. The van der Waals surface area contributed by atoms with Crippen molar-refractivity contribution in [3.05, 3.63) is 83.0 Å². The summed E-state index contributed by atoms with van der Waals surface area (Å²) < 4.78 is 1.74. The minimum absolute atomic E-state index is 0.219. The molecule has 0 aliphatic heterocycles. The third-order valence-electron chi connectivity index (χ3n) is 4.11. The van der Waals surface area contributed by atoms with Crippen molar-refractivity contribution in [1.29, 1.82) is 0 Å². The fourth-order valence-corrected chi connectivity index (χ4v) is 3.52. The summed E-state index contributed by atoms with van der Waals surface area (Å²) in [7, 11) is 0. The molecule has 0 radical (unpaired) electrons. The Balaban J connectivity index is 1.78. The number of amides is 1. The highest BCUT2D eigenvalue weighted by atomic mass is 32.1. The number of carbonyl (C=O) groups is 1. The van der Waals surface area contributed by atoms with Crippen LogP contribution in [-0.4, -0.2) is 20.7 Å². The van der Waals surface area contributed by atoms with Gasteiger partial charge in [0.1, 0.15) is 5.69 Å². The summed E-state index contributed by atoms with van der Waals surface area (Å²) in [6.07, 6.45) is 1.77. The minimum Gasteiger partial charge on any atom is -0.298 e. The highest BCUT2D eigenvalue weighted by Crippen LogP contribution is 2.26. The normalized spacial score (nSPS) is 10.7. The topological polar surface area (TPSA) is 59.8 Å². The maximum absolute atomic E-state index is 12.9. The smallest absolute Gasteiger partial charge is 0.261 e. The van der Waals surface area contributed by atoms with E-state index < -0.39 is 0 Å². The largest absolute Gasteiger partial charge is 0.298 e. The first-order valence-electron chi connectivity index (χ1n) is 8.56. The Morgan fingerprint density at radius 2 is 1.89 bits per heavy atom. The molecule has 0 saturated carbocycles. The lowest BCUT2D eigenvalue weighted by Gasteiger charge is -2.03. The summed E-state index contributed by atoms with van der Waals surface area (Å²) in [5.41, 5.74) is 4.96. The van der Waals surface area contributed by atoms with Crippen molar-refractivity contribution in [3.63, 3.8) is 0 Å². The van der Waals surface area contributed by atoms with Gasteiger partial charge in [0.05, 0.1) is 16.9 Å². The molecule has 0 unspecified atom stereocenters. The average molecular weight is 374 g/mol. The number of hydrogen-bond acceptors (Lipinski definition) is 4. The molecular formula is C21H18N4OS. The van der Waals surface area contributed by atoms with Gasteiger partial charge >= 0.3 is 0 Å². The molecule has 0 saturated heterocycles. The van der Waals surface area contributed by atoms with E-state index in [2.05, 4.69) is 10.3 Å². The quantitative estimate of drug-likeness (QED) is 0.555. The molecule has 0 aliphatic carbocycles. The van der Waals surface area contributed by atoms with Gasteiger partial charge in [-0.2, -0.15) is 5.10 Å². The number of nitrogens with one attached hydrogen (secondary N) is 1. The first-order valence-corrected chi connectivity index (χ1v) is 9.44. The molecule has 1 N–H and O–H groups in total. The predicted octanol–water partition coefficient (Wildman–Crippen LogP) is 4.86. The van der Waals surface area contributed by atoms with E-state index in [1.165, 1.54) is 11.3 Å². The van der Waals surface area contributed by atoms with Crippen LogP contribution in [0.3, 0.4) is 0 Å². The molecule has 0 fully saturated rings. The van der Waals surface area contributed by atoms with E-state index in [9.17, 15) is 4.79 Å². The van der Waals surface area contributed by atoms with Crippen LogP contribution in [0.25, 0.3) is 16.9 Å². The van der Waals surface area contributed by atoms with E-state index in [4.69, 9.17) is 5.10 Å². The number of rotatable bonds is 4. The van der Waals surface area contributed by atoms with Crippen molar-refractivity contribution < 1.29 is 4.79 Å². The van der Waals surface area contributed by atoms with Gasteiger partial charge in [-0.05, 0) is 32.0 Å². The van der Waals surface area contributed by atoms with Gasteiger partial charge in [-0.15, -0.1) is 11.3 Å². The molecule has 2 heterocycles. The number of aryl methyl sites for hydroxylation is 2. The molecule has 4 rings (SSSR count). The van der Waals surface area contributed by atoms with Crippen LogP contribution in [0.1, 0.15) is 21.6 Å². The molecule has 0 aliphatic rings. The molecule has 2 aromatic carbocycles. The number of hydrogen-bond donors (Lipinski definition) is 1. The van der Waals surface area contributed by atoms with Gasteiger partial charge in [-0.3, -0.25) is 10.1 Å². The third-order valence-corrected chi connectivity index (χ3v) is 4.99. The predicted molar refractivity (Wildman–Crippen MR) is 109 cm³/mol. The van der Waals surface area contributed by atoms with Gasteiger partial charge in [0.15, 0.2) is 5.13 Å². The number of benzene rings is 2. The monoisotopic (exact) mass is 374 g/mol. The number of aromatic nitrogens is 3. The lowest BCUT2D eigenvalue weighted by atomic mass is 10.1. The summed E-state index contributed by atoms with van der Waals surface area (Å²) in [6.45, 7) is 3.92. The van der Waals surface area contributed by atoms with Gasteiger partial charge < -0.3 is 0 Å². The van der Waals surface area contributed by atoms with Gasteiger partial charge in [0.25, 0.3) is 5.91 Å². The van der Waals surface area contributed by atoms with E-state index in [1.54, 1.807) is 10.9 Å². The van der Waals surface area contributed by atoms with Crippen molar-refractivity contribution in [1.82, 2.24) is 14.8 Å². The third kappa shape index (κ3) is 3.66. The zero-order valence-electron chi connectivity index (χ0n) is 15.0. The highest BCUT2D eigenvalue weighted by molar-refractivity contribution is 7.13. The molecule has 5 nitrogen and oxygen atoms in total. The highest BCUT2D eigenvalue weighted by Gasteiger charge is 2.19. The van der Waals surface area contributed by atoms with Crippen LogP contribution < -0.4 is 5.32 Å². The maximum Gasteiger partial charge on any atom is 0.261 e. The van der Waals surface area contributed by atoms with Crippen molar-refractivity contribution in [2.45, 2.75) is 13.8 Å². The molecule has 0 bridgehead atoms. The average Bonchev–Trinajstić information content (AvgIpc) is 3.29. The van der Waals surface area contributed by atoms with E-state index in [0.717, 1.165) is 22.5 Å². The molecule has 4 aromatic rings. The molecular weight excluding hydrogens is 356 g/mol. The SMILES string of the molecule is Cc1cccc(-c2nn(-c3ccccc3)cc2C(=O)Nc2nc(C)cs2)c1. The van der Waals surface area contributed by atoms with E-state index in [1.807, 2.05) is 73.8 Å². The van der Waals surface area contributed by atoms with Crippen LogP contribution >= 0.6 is 11.3 Å². The Bertz CT molecular complexity index is 1100.